The van der Waals surface area contributed by atoms with Crippen molar-refractivity contribution in [1.29, 1.82) is 0 Å². The molecule has 0 aromatic heterocycles. The van der Waals surface area contributed by atoms with E-state index in [1.165, 1.54) is 19.3 Å². The fourth-order valence-corrected chi connectivity index (χ4v) is 1.83. The molecule has 0 rings (SSSR count). The molecule has 1 unspecified atom stereocenters. The third kappa shape index (κ3) is 6.33. The van der Waals surface area contributed by atoms with Gasteiger partial charge in [-0.2, -0.15) is 0 Å². The van der Waals surface area contributed by atoms with Crippen LogP contribution in [0.15, 0.2) is 0 Å². The van der Waals surface area contributed by atoms with E-state index in [1.807, 2.05) is 0 Å². The van der Waals surface area contributed by atoms with Crippen molar-refractivity contribution in [2.45, 2.75) is 52.0 Å². The van der Waals surface area contributed by atoms with Crippen LogP contribution in [0.2, 0.25) is 0 Å². The Bertz CT molecular complexity index is 159. The van der Waals surface area contributed by atoms with Crippen molar-refractivity contribution in [2.24, 2.45) is 5.73 Å². The molecule has 2 N–H and O–H groups in total. The average molecular weight is 216 g/mol. The van der Waals surface area contributed by atoms with E-state index in [4.69, 9.17) is 18.0 Å². The highest BCUT2D eigenvalue weighted by atomic mass is 32.1. The lowest BCUT2D eigenvalue weighted by Crippen LogP contribution is -2.35. The molecule has 0 bridgehead atoms. The summed E-state index contributed by atoms with van der Waals surface area (Å²) < 4.78 is 0. The van der Waals surface area contributed by atoms with Gasteiger partial charge >= 0.3 is 0 Å². The summed E-state index contributed by atoms with van der Waals surface area (Å²) in [5.41, 5.74) is 5.57. The Morgan fingerprint density at radius 1 is 1.36 bits per heavy atom. The van der Waals surface area contributed by atoms with Crippen LogP contribution in [0.1, 0.15) is 46.0 Å². The summed E-state index contributed by atoms with van der Waals surface area (Å²) in [5.74, 6) is 0. The molecule has 0 saturated heterocycles. The first kappa shape index (κ1) is 13.8. The Labute approximate surface area is 93.8 Å². The molecular weight excluding hydrogens is 192 g/mol. The number of nitrogens with two attached hydrogens (primary N) is 1. The van der Waals surface area contributed by atoms with Crippen molar-refractivity contribution < 1.29 is 0 Å². The van der Waals surface area contributed by atoms with Gasteiger partial charge < -0.3 is 10.6 Å². The van der Waals surface area contributed by atoms with Gasteiger partial charge in [-0.05, 0) is 26.4 Å². The minimum Gasteiger partial charge on any atom is -0.393 e. The van der Waals surface area contributed by atoms with Gasteiger partial charge in [0.15, 0.2) is 0 Å². The maximum Gasteiger partial charge on any atom is 0.0743 e. The summed E-state index contributed by atoms with van der Waals surface area (Å²) in [7, 11) is 2.17. The highest BCUT2D eigenvalue weighted by Crippen LogP contribution is 2.08. The van der Waals surface area contributed by atoms with Gasteiger partial charge in [0.25, 0.3) is 0 Å². The summed E-state index contributed by atoms with van der Waals surface area (Å²) in [6.45, 7) is 5.58. The van der Waals surface area contributed by atoms with Gasteiger partial charge in [-0.3, -0.25) is 0 Å². The first-order chi connectivity index (χ1) is 6.61. The van der Waals surface area contributed by atoms with Crippen LogP contribution in [0.4, 0.5) is 0 Å². The Morgan fingerprint density at radius 3 is 2.43 bits per heavy atom. The molecule has 0 amide bonds. The molecule has 0 heterocycles. The van der Waals surface area contributed by atoms with Crippen molar-refractivity contribution in [3.8, 4) is 0 Å². The first-order valence-corrected chi connectivity index (χ1v) is 6.01. The van der Waals surface area contributed by atoms with Crippen LogP contribution in [-0.4, -0.2) is 29.5 Å². The summed E-state index contributed by atoms with van der Waals surface area (Å²) in [5, 5.41) is 0. The van der Waals surface area contributed by atoms with E-state index in [2.05, 4.69) is 25.8 Å². The van der Waals surface area contributed by atoms with Gasteiger partial charge in [-0.25, -0.2) is 0 Å². The number of rotatable bonds is 8. The highest BCUT2D eigenvalue weighted by molar-refractivity contribution is 7.80. The Hall–Kier alpha value is -0.150. The second-order valence-electron chi connectivity index (χ2n) is 3.92. The average Bonchev–Trinajstić information content (AvgIpc) is 2.14. The molecule has 0 aromatic rings. The van der Waals surface area contributed by atoms with Crippen LogP contribution >= 0.6 is 12.2 Å². The lowest BCUT2D eigenvalue weighted by molar-refractivity contribution is 0.236. The third-order valence-corrected chi connectivity index (χ3v) is 2.81. The lowest BCUT2D eigenvalue weighted by Gasteiger charge is -2.26. The minimum absolute atomic E-state index is 0.532. The molecule has 0 fully saturated rings. The maximum absolute atomic E-state index is 5.57. The second-order valence-corrected chi connectivity index (χ2v) is 4.44. The number of hydrogen-bond donors (Lipinski definition) is 1. The van der Waals surface area contributed by atoms with E-state index >= 15 is 0 Å². The number of nitrogens with zero attached hydrogens (tertiary/aromatic N) is 1. The van der Waals surface area contributed by atoms with E-state index in [9.17, 15) is 0 Å². The van der Waals surface area contributed by atoms with Gasteiger partial charge in [0.2, 0.25) is 0 Å². The van der Waals surface area contributed by atoms with Gasteiger partial charge in [-0.15, -0.1) is 0 Å². The van der Waals surface area contributed by atoms with Crippen LogP contribution < -0.4 is 5.73 Å². The summed E-state index contributed by atoms with van der Waals surface area (Å²) >= 11 is 4.94. The molecule has 0 saturated carbocycles. The van der Waals surface area contributed by atoms with Crippen LogP contribution in [0.3, 0.4) is 0 Å². The summed E-state index contributed by atoms with van der Waals surface area (Å²) in [6, 6.07) is 0.532. The van der Waals surface area contributed by atoms with Gasteiger partial charge in [0.1, 0.15) is 0 Å². The predicted octanol–water partition coefficient (Wildman–Crippen LogP) is 2.56. The molecule has 1 atom stereocenters. The molecule has 0 aromatic carbocycles. The van der Waals surface area contributed by atoms with Crippen LogP contribution in [-0.2, 0) is 0 Å². The molecule has 2 nitrogen and oxygen atoms in total. The monoisotopic (exact) mass is 216 g/mol. The molecule has 0 aliphatic heterocycles. The summed E-state index contributed by atoms with van der Waals surface area (Å²) in [6.07, 6.45) is 5.85. The van der Waals surface area contributed by atoms with E-state index in [-0.39, 0.29) is 0 Å². The number of unbranched alkanes of at least 4 members (excludes halogenated alkanes) is 2. The van der Waals surface area contributed by atoms with Crippen LogP contribution in [0.25, 0.3) is 0 Å². The second kappa shape index (κ2) is 8.18. The van der Waals surface area contributed by atoms with Crippen molar-refractivity contribution in [3.05, 3.63) is 0 Å². The van der Waals surface area contributed by atoms with E-state index in [1.54, 1.807) is 0 Å². The predicted molar refractivity (Wildman–Crippen MR) is 67.6 cm³/mol. The lowest BCUT2D eigenvalue weighted by atomic mass is 10.1. The maximum atomic E-state index is 5.57. The topological polar surface area (TPSA) is 29.3 Å². The zero-order valence-electron chi connectivity index (χ0n) is 9.75. The normalized spacial score (nSPS) is 13.1. The molecule has 0 aliphatic rings. The first-order valence-electron chi connectivity index (χ1n) is 5.60. The highest BCUT2D eigenvalue weighted by Gasteiger charge is 2.12. The molecule has 0 spiro atoms. The van der Waals surface area contributed by atoms with Gasteiger partial charge in [0.05, 0.1) is 4.99 Å². The molecule has 3 heteroatoms. The van der Waals surface area contributed by atoms with E-state index in [0.717, 1.165) is 19.4 Å². The zero-order valence-corrected chi connectivity index (χ0v) is 10.6. The SMILES string of the molecule is CCCCCN(C)C(CC)CC(N)=S. The molecule has 0 radical (unpaired) electrons. The quantitative estimate of drug-likeness (QED) is 0.499. The Morgan fingerprint density at radius 2 is 2.00 bits per heavy atom. The number of hydrogen-bond acceptors (Lipinski definition) is 2. The zero-order chi connectivity index (χ0) is 11.0. The molecule has 84 valence electrons. The smallest absolute Gasteiger partial charge is 0.0743 e. The van der Waals surface area contributed by atoms with Crippen molar-refractivity contribution in [2.75, 3.05) is 13.6 Å². The molecule has 14 heavy (non-hydrogen) atoms. The fraction of sp³-hybridized carbons (Fsp3) is 0.909. The van der Waals surface area contributed by atoms with Gasteiger partial charge in [-0.1, -0.05) is 38.9 Å². The largest absolute Gasteiger partial charge is 0.393 e. The molecular formula is C11H24N2S. The van der Waals surface area contributed by atoms with Gasteiger partial charge in [0, 0.05) is 12.5 Å². The third-order valence-electron chi connectivity index (χ3n) is 2.65. The van der Waals surface area contributed by atoms with E-state index in [0.29, 0.717) is 11.0 Å². The fourth-order valence-electron chi connectivity index (χ4n) is 1.64. The Balaban J connectivity index is 3.78. The number of thiocarbonyl (C=S) groups is 1. The van der Waals surface area contributed by atoms with Crippen molar-refractivity contribution in [3.63, 3.8) is 0 Å². The standard InChI is InChI=1S/C11H24N2S/c1-4-6-7-8-13(3)10(5-2)9-11(12)14/h10H,4-9H2,1-3H3,(H2,12,14). The summed E-state index contributed by atoms with van der Waals surface area (Å²) in [4.78, 5) is 3.02. The van der Waals surface area contributed by atoms with Crippen LogP contribution in [0.5, 0.6) is 0 Å². The molecule has 0 aliphatic carbocycles. The Kier molecular flexibility index (Phi) is 8.09. The van der Waals surface area contributed by atoms with Crippen molar-refractivity contribution >= 4 is 17.2 Å². The minimum atomic E-state index is 0.532. The van der Waals surface area contributed by atoms with E-state index < -0.39 is 0 Å². The van der Waals surface area contributed by atoms with Crippen LogP contribution in [0, 0.1) is 0 Å². The van der Waals surface area contributed by atoms with Crippen molar-refractivity contribution in [1.82, 2.24) is 4.90 Å².